The molecule has 2 N–H and O–H groups in total. The highest BCUT2D eigenvalue weighted by atomic mass is 32.1. The van der Waals surface area contributed by atoms with E-state index in [1.807, 2.05) is 30.3 Å². The Morgan fingerprint density at radius 3 is 2.11 bits per heavy atom. The van der Waals surface area contributed by atoms with Gasteiger partial charge in [-0.3, -0.25) is 0 Å². The summed E-state index contributed by atoms with van der Waals surface area (Å²) in [6, 6.07) is 15.7. The maximum absolute atomic E-state index is 10.9. The second-order valence-electron chi connectivity index (χ2n) is 3.56. The van der Waals surface area contributed by atoms with Crippen molar-refractivity contribution in [2.45, 2.75) is 0 Å². The molecule has 0 spiro atoms. The van der Waals surface area contributed by atoms with Crippen molar-refractivity contribution in [2.75, 3.05) is 4.31 Å². The highest BCUT2D eigenvalue weighted by Crippen LogP contribution is 2.24. The van der Waals surface area contributed by atoms with E-state index in [1.165, 1.54) is 0 Å². The molecule has 92 valence electrons. The third-order valence-electron chi connectivity index (χ3n) is 2.27. The summed E-state index contributed by atoms with van der Waals surface area (Å²) in [6.07, 6.45) is 0. The lowest BCUT2D eigenvalue weighted by Gasteiger charge is -2.13. The number of urea groups is 1. The predicted octanol–water partition coefficient (Wildman–Crippen LogP) is 3.21. The molecule has 2 amide bonds. The normalized spacial score (nSPS) is 9.83. The van der Waals surface area contributed by atoms with E-state index >= 15 is 0 Å². The van der Waals surface area contributed by atoms with Gasteiger partial charge >= 0.3 is 6.03 Å². The van der Waals surface area contributed by atoms with Crippen LogP contribution in [0.5, 0.6) is 11.5 Å². The third-order valence-corrected chi connectivity index (χ3v) is 2.70. The Balaban J connectivity index is 2.11. The van der Waals surface area contributed by atoms with E-state index in [-0.39, 0.29) is 0 Å². The first-order chi connectivity index (χ1) is 8.66. The zero-order valence-electron chi connectivity index (χ0n) is 9.48. The van der Waals surface area contributed by atoms with Crippen molar-refractivity contribution in [3.63, 3.8) is 0 Å². The number of carbonyl (C=O) groups excluding carboxylic acids is 1. The van der Waals surface area contributed by atoms with Gasteiger partial charge in [-0.25, -0.2) is 9.10 Å². The molecule has 2 aromatic carbocycles. The van der Waals surface area contributed by atoms with Gasteiger partial charge < -0.3 is 10.5 Å². The third kappa shape index (κ3) is 2.95. The van der Waals surface area contributed by atoms with Gasteiger partial charge in [0.25, 0.3) is 0 Å². The molecule has 0 aliphatic heterocycles. The molecule has 0 aliphatic carbocycles. The Labute approximate surface area is 111 Å². The minimum absolute atomic E-state index is 0.589. The van der Waals surface area contributed by atoms with Crippen LogP contribution in [0.25, 0.3) is 0 Å². The topological polar surface area (TPSA) is 55.6 Å². The van der Waals surface area contributed by atoms with Crippen LogP contribution in [0.15, 0.2) is 54.6 Å². The molecular weight excluding hydrogens is 248 g/mol. The number of primary amides is 1. The van der Waals surface area contributed by atoms with E-state index < -0.39 is 6.03 Å². The molecule has 0 fully saturated rings. The van der Waals surface area contributed by atoms with Gasteiger partial charge in [0.05, 0.1) is 5.69 Å². The van der Waals surface area contributed by atoms with Crippen LogP contribution in [0, 0.1) is 0 Å². The highest BCUT2D eigenvalue weighted by Gasteiger charge is 2.07. The Bertz CT molecular complexity index is 528. The molecular formula is C13H12N2O2S. The molecule has 18 heavy (non-hydrogen) atoms. The van der Waals surface area contributed by atoms with E-state index in [0.717, 1.165) is 10.1 Å². The first-order valence-corrected chi connectivity index (χ1v) is 5.68. The summed E-state index contributed by atoms with van der Waals surface area (Å²) in [5.41, 5.74) is 5.70. The van der Waals surface area contributed by atoms with Crippen molar-refractivity contribution in [3.8, 4) is 11.5 Å². The zero-order valence-corrected chi connectivity index (χ0v) is 10.4. The van der Waals surface area contributed by atoms with E-state index in [0.29, 0.717) is 11.4 Å². The summed E-state index contributed by atoms with van der Waals surface area (Å²) >= 11 is 3.97. The maximum Gasteiger partial charge on any atom is 0.329 e. The fraction of sp³-hybridized carbons (Fsp3) is 0. The number of amides is 2. The number of rotatable bonds is 3. The van der Waals surface area contributed by atoms with Gasteiger partial charge in [0.1, 0.15) is 11.5 Å². The molecule has 0 radical (unpaired) electrons. The Hall–Kier alpha value is -2.14. The van der Waals surface area contributed by atoms with Crippen LogP contribution in [0.2, 0.25) is 0 Å². The van der Waals surface area contributed by atoms with Crippen LogP contribution in [-0.2, 0) is 0 Å². The fourth-order valence-electron chi connectivity index (χ4n) is 1.41. The van der Waals surface area contributed by atoms with Crippen molar-refractivity contribution in [3.05, 3.63) is 54.6 Å². The molecule has 0 saturated heterocycles. The highest BCUT2D eigenvalue weighted by molar-refractivity contribution is 7.82. The molecule has 2 rings (SSSR count). The number of carbonyl (C=O) groups is 1. The molecule has 0 saturated carbocycles. The van der Waals surface area contributed by atoms with E-state index in [9.17, 15) is 4.79 Å². The number of thiol groups is 1. The second-order valence-corrected chi connectivity index (χ2v) is 3.96. The van der Waals surface area contributed by atoms with Crippen molar-refractivity contribution in [1.82, 2.24) is 0 Å². The molecule has 0 atom stereocenters. The summed E-state index contributed by atoms with van der Waals surface area (Å²) < 4.78 is 6.68. The molecule has 0 aliphatic rings. The monoisotopic (exact) mass is 260 g/mol. The SMILES string of the molecule is NC(=O)N(S)c1ccc(Oc2ccccc2)cc1. The molecule has 0 aromatic heterocycles. The van der Waals surface area contributed by atoms with Crippen molar-refractivity contribution >= 4 is 24.5 Å². The van der Waals surface area contributed by atoms with Crippen molar-refractivity contribution < 1.29 is 9.53 Å². The molecule has 0 heterocycles. The summed E-state index contributed by atoms with van der Waals surface area (Å²) in [5, 5.41) is 0. The standard InChI is InChI=1S/C13H12N2O2S/c14-13(16)15(18)10-6-8-12(9-7-10)17-11-4-2-1-3-5-11/h1-9,18H,(H2,14,16). The van der Waals surface area contributed by atoms with Gasteiger partial charge in [0.15, 0.2) is 0 Å². The van der Waals surface area contributed by atoms with Gasteiger partial charge in [0.2, 0.25) is 0 Å². The number of hydrogen-bond acceptors (Lipinski definition) is 3. The predicted molar refractivity (Wildman–Crippen MR) is 74.0 cm³/mol. The number of benzene rings is 2. The van der Waals surface area contributed by atoms with Crippen molar-refractivity contribution in [1.29, 1.82) is 0 Å². The van der Waals surface area contributed by atoms with Crippen molar-refractivity contribution in [2.24, 2.45) is 5.73 Å². The van der Waals surface area contributed by atoms with Crippen LogP contribution in [0.3, 0.4) is 0 Å². The Kier molecular flexibility index (Phi) is 3.74. The second kappa shape index (κ2) is 5.46. The number of para-hydroxylation sites is 1. The largest absolute Gasteiger partial charge is 0.457 e. The van der Waals surface area contributed by atoms with E-state index in [2.05, 4.69) is 12.8 Å². The molecule has 0 unspecified atom stereocenters. The number of nitrogens with two attached hydrogens (primary N) is 1. The summed E-state index contributed by atoms with van der Waals surface area (Å²) in [5.74, 6) is 1.43. The first-order valence-electron chi connectivity index (χ1n) is 5.28. The lowest BCUT2D eigenvalue weighted by molar-refractivity contribution is 0.257. The minimum Gasteiger partial charge on any atom is -0.457 e. The summed E-state index contributed by atoms with van der Waals surface area (Å²) in [7, 11) is 0. The number of hydrogen-bond donors (Lipinski definition) is 2. The van der Waals surface area contributed by atoms with Crippen LogP contribution in [-0.4, -0.2) is 6.03 Å². The van der Waals surface area contributed by atoms with Crippen LogP contribution >= 0.6 is 12.8 Å². The van der Waals surface area contributed by atoms with E-state index in [1.54, 1.807) is 24.3 Å². The summed E-state index contributed by atoms with van der Waals surface area (Å²) in [6.45, 7) is 0. The fourth-order valence-corrected chi connectivity index (χ4v) is 1.54. The lowest BCUT2D eigenvalue weighted by Crippen LogP contribution is -2.27. The van der Waals surface area contributed by atoms with Gasteiger partial charge in [-0.15, -0.1) is 0 Å². The molecule has 4 nitrogen and oxygen atoms in total. The maximum atomic E-state index is 10.9. The van der Waals surface area contributed by atoms with Crippen LogP contribution in [0.1, 0.15) is 0 Å². The number of ether oxygens (including phenoxy) is 1. The zero-order chi connectivity index (χ0) is 13.0. The lowest BCUT2D eigenvalue weighted by atomic mass is 10.3. The Morgan fingerprint density at radius 1 is 1.00 bits per heavy atom. The van der Waals surface area contributed by atoms with Gasteiger partial charge in [-0.1, -0.05) is 31.0 Å². The number of nitrogens with zero attached hydrogens (tertiary/aromatic N) is 1. The quantitative estimate of drug-likeness (QED) is 0.832. The Morgan fingerprint density at radius 2 is 1.56 bits per heavy atom. The van der Waals surface area contributed by atoms with Gasteiger partial charge in [-0.2, -0.15) is 0 Å². The van der Waals surface area contributed by atoms with Crippen LogP contribution in [0.4, 0.5) is 10.5 Å². The van der Waals surface area contributed by atoms with Crippen LogP contribution < -0.4 is 14.8 Å². The molecule has 0 bridgehead atoms. The van der Waals surface area contributed by atoms with Gasteiger partial charge in [-0.05, 0) is 36.4 Å². The summed E-state index contributed by atoms with van der Waals surface area (Å²) in [4.78, 5) is 10.9. The average Bonchev–Trinajstić information content (AvgIpc) is 2.40. The minimum atomic E-state index is -0.630. The molecule has 2 aromatic rings. The molecule has 5 heteroatoms. The number of anilines is 1. The first kappa shape index (κ1) is 12.3. The average molecular weight is 260 g/mol. The smallest absolute Gasteiger partial charge is 0.329 e. The van der Waals surface area contributed by atoms with E-state index in [4.69, 9.17) is 10.5 Å². The van der Waals surface area contributed by atoms with Gasteiger partial charge in [0, 0.05) is 0 Å².